The minimum absolute atomic E-state index is 0.248. The average molecular weight is 381 g/mol. The van der Waals surface area contributed by atoms with Gasteiger partial charge in [0.05, 0.1) is 13.2 Å². The first kappa shape index (κ1) is 19.0. The summed E-state index contributed by atoms with van der Waals surface area (Å²) in [6.45, 7) is 1.38. The lowest BCUT2D eigenvalue weighted by molar-refractivity contribution is 0.281. The third-order valence-corrected chi connectivity index (χ3v) is 4.27. The molecule has 0 bridgehead atoms. The molecule has 0 spiro atoms. The van der Waals surface area contributed by atoms with Gasteiger partial charge in [0.25, 0.3) is 0 Å². The molecular weight excluding hydrogens is 356 g/mol. The number of unbranched alkanes of at least 4 members (excludes halogenated alkanes) is 2. The topological polar surface area (TPSA) is 56.5 Å². The zero-order chi connectivity index (χ0) is 18.9. The Hall–Kier alpha value is -2.79. The van der Waals surface area contributed by atoms with Crippen LogP contribution in [-0.4, -0.2) is 18.3 Å². The van der Waals surface area contributed by atoms with Gasteiger partial charge in [-0.3, -0.25) is 0 Å². The zero-order valence-corrected chi connectivity index (χ0v) is 16.0. The molecule has 3 N–H and O–H groups in total. The molecule has 3 aromatic carbocycles. The average Bonchev–Trinajstić information content (AvgIpc) is 2.67. The largest absolute Gasteiger partial charge is 0.494 e. The second-order valence-corrected chi connectivity index (χ2v) is 6.69. The molecule has 0 amide bonds. The lowest BCUT2D eigenvalue weighted by Gasteiger charge is -2.10. The van der Waals surface area contributed by atoms with Crippen molar-refractivity contribution in [2.24, 2.45) is 5.73 Å². The number of rotatable bonds is 9. The number of hydrogen-bond donors (Lipinski definition) is 2. The van der Waals surface area contributed by atoms with E-state index in [1.54, 1.807) is 0 Å². The van der Waals surface area contributed by atoms with Gasteiger partial charge in [0.15, 0.2) is 5.11 Å². The Morgan fingerprint density at radius 2 is 1.59 bits per heavy atom. The molecule has 140 valence electrons. The molecule has 0 heterocycles. The van der Waals surface area contributed by atoms with Crippen LogP contribution in [0.1, 0.15) is 19.3 Å². The molecule has 0 radical (unpaired) electrons. The van der Waals surface area contributed by atoms with Crippen molar-refractivity contribution >= 4 is 33.8 Å². The molecule has 0 fully saturated rings. The van der Waals surface area contributed by atoms with Gasteiger partial charge >= 0.3 is 0 Å². The van der Waals surface area contributed by atoms with Gasteiger partial charge in [0.1, 0.15) is 11.5 Å². The van der Waals surface area contributed by atoms with E-state index in [-0.39, 0.29) is 5.11 Å². The number of ether oxygens (including phenoxy) is 2. The van der Waals surface area contributed by atoms with Crippen LogP contribution in [0, 0.1) is 0 Å². The Labute approximate surface area is 165 Å². The number of anilines is 1. The molecule has 4 nitrogen and oxygen atoms in total. The molecular formula is C22H24N2O2S. The Bertz CT molecular complexity index is 893. The van der Waals surface area contributed by atoms with Crippen molar-refractivity contribution in [2.45, 2.75) is 19.3 Å². The van der Waals surface area contributed by atoms with Crippen LogP contribution in [0.15, 0.2) is 66.7 Å². The van der Waals surface area contributed by atoms with E-state index >= 15 is 0 Å². The van der Waals surface area contributed by atoms with E-state index in [0.29, 0.717) is 13.2 Å². The SMILES string of the molecule is NC(=S)Nc1cccc(OCCCCCOc2cccc3ccccc23)c1. The number of benzene rings is 3. The molecule has 27 heavy (non-hydrogen) atoms. The quantitative estimate of drug-likeness (QED) is 0.398. The monoisotopic (exact) mass is 380 g/mol. The van der Waals surface area contributed by atoms with Gasteiger partial charge in [-0.05, 0) is 55.1 Å². The Kier molecular flexibility index (Phi) is 6.88. The van der Waals surface area contributed by atoms with E-state index in [1.807, 2.05) is 48.5 Å². The molecule has 3 rings (SSSR count). The fourth-order valence-corrected chi connectivity index (χ4v) is 3.00. The zero-order valence-electron chi connectivity index (χ0n) is 15.2. The highest BCUT2D eigenvalue weighted by molar-refractivity contribution is 7.80. The van der Waals surface area contributed by atoms with Crippen molar-refractivity contribution in [1.29, 1.82) is 0 Å². The summed E-state index contributed by atoms with van der Waals surface area (Å²) in [5.74, 6) is 1.76. The van der Waals surface area contributed by atoms with E-state index in [0.717, 1.165) is 41.8 Å². The highest BCUT2D eigenvalue weighted by Crippen LogP contribution is 2.25. The van der Waals surface area contributed by atoms with Gasteiger partial charge in [-0.2, -0.15) is 0 Å². The van der Waals surface area contributed by atoms with Gasteiger partial charge in [0, 0.05) is 17.1 Å². The minimum Gasteiger partial charge on any atom is -0.494 e. The molecule has 0 aliphatic carbocycles. The van der Waals surface area contributed by atoms with Crippen LogP contribution >= 0.6 is 12.2 Å². The van der Waals surface area contributed by atoms with Crippen molar-refractivity contribution in [2.75, 3.05) is 18.5 Å². The molecule has 0 aromatic heterocycles. The number of fused-ring (bicyclic) bond motifs is 1. The summed E-state index contributed by atoms with van der Waals surface area (Å²) in [6.07, 6.45) is 3.02. The van der Waals surface area contributed by atoms with Crippen LogP contribution in [0.3, 0.4) is 0 Å². The Morgan fingerprint density at radius 3 is 2.44 bits per heavy atom. The van der Waals surface area contributed by atoms with Crippen LogP contribution < -0.4 is 20.5 Å². The van der Waals surface area contributed by atoms with Crippen LogP contribution in [-0.2, 0) is 0 Å². The van der Waals surface area contributed by atoms with Gasteiger partial charge < -0.3 is 20.5 Å². The summed E-state index contributed by atoms with van der Waals surface area (Å²) in [7, 11) is 0. The van der Waals surface area contributed by atoms with Crippen LogP contribution in [0.5, 0.6) is 11.5 Å². The van der Waals surface area contributed by atoms with E-state index in [2.05, 4.69) is 23.5 Å². The highest BCUT2D eigenvalue weighted by Gasteiger charge is 2.01. The molecule has 0 aliphatic rings. The fourth-order valence-electron chi connectivity index (χ4n) is 2.88. The molecule has 0 saturated carbocycles. The van der Waals surface area contributed by atoms with E-state index in [4.69, 9.17) is 27.4 Å². The maximum atomic E-state index is 5.96. The van der Waals surface area contributed by atoms with Crippen LogP contribution in [0.4, 0.5) is 5.69 Å². The van der Waals surface area contributed by atoms with Crippen LogP contribution in [0.2, 0.25) is 0 Å². The first-order valence-corrected chi connectivity index (χ1v) is 9.53. The van der Waals surface area contributed by atoms with Crippen molar-refractivity contribution in [3.8, 4) is 11.5 Å². The smallest absolute Gasteiger partial charge is 0.168 e. The maximum Gasteiger partial charge on any atom is 0.168 e. The normalized spacial score (nSPS) is 10.5. The fraction of sp³-hybridized carbons (Fsp3) is 0.227. The summed E-state index contributed by atoms with van der Waals surface area (Å²) in [5, 5.41) is 5.52. The predicted octanol–water partition coefficient (Wildman–Crippen LogP) is 5.12. The van der Waals surface area contributed by atoms with Crippen molar-refractivity contribution < 1.29 is 9.47 Å². The van der Waals surface area contributed by atoms with E-state index in [1.165, 1.54) is 5.39 Å². The van der Waals surface area contributed by atoms with Gasteiger partial charge in [-0.25, -0.2) is 0 Å². The predicted molar refractivity (Wildman–Crippen MR) is 116 cm³/mol. The number of hydrogen-bond acceptors (Lipinski definition) is 3. The number of nitrogens with one attached hydrogen (secondary N) is 1. The second-order valence-electron chi connectivity index (χ2n) is 6.25. The first-order chi connectivity index (χ1) is 13.2. The maximum absolute atomic E-state index is 5.96. The molecule has 0 atom stereocenters. The van der Waals surface area contributed by atoms with Gasteiger partial charge in [-0.15, -0.1) is 0 Å². The molecule has 5 heteroatoms. The van der Waals surface area contributed by atoms with E-state index < -0.39 is 0 Å². The molecule has 0 unspecified atom stereocenters. The summed E-state index contributed by atoms with van der Waals surface area (Å²) in [6, 6.07) is 22.1. The lowest BCUT2D eigenvalue weighted by Crippen LogP contribution is -2.18. The summed E-state index contributed by atoms with van der Waals surface area (Å²) in [4.78, 5) is 0. The number of thiocarbonyl (C=S) groups is 1. The highest BCUT2D eigenvalue weighted by atomic mass is 32.1. The lowest BCUT2D eigenvalue weighted by atomic mass is 10.1. The summed E-state index contributed by atoms with van der Waals surface area (Å²) in [5.41, 5.74) is 6.32. The first-order valence-electron chi connectivity index (χ1n) is 9.12. The summed E-state index contributed by atoms with van der Waals surface area (Å²) >= 11 is 4.84. The third-order valence-electron chi connectivity index (χ3n) is 4.17. The number of nitrogens with two attached hydrogens (primary N) is 1. The molecule has 0 saturated heterocycles. The third kappa shape index (κ3) is 5.86. The standard InChI is InChI=1S/C22H24N2O2S/c23-22(27)24-18-10-7-11-19(16-18)25-14-4-1-5-15-26-21-13-6-9-17-8-2-3-12-20(17)21/h2-3,6-13,16H,1,4-5,14-15H2,(H3,23,24,27). The Morgan fingerprint density at radius 1 is 0.852 bits per heavy atom. The van der Waals surface area contributed by atoms with Gasteiger partial charge in [0.2, 0.25) is 0 Å². The van der Waals surface area contributed by atoms with Crippen molar-refractivity contribution in [1.82, 2.24) is 0 Å². The van der Waals surface area contributed by atoms with Crippen LogP contribution in [0.25, 0.3) is 10.8 Å². The van der Waals surface area contributed by atoms with E-state index in [9.17, 15) is 0 Å². The molecule has 3 aromatic rings. The van der Waals surface area contributed by atoms with Gasteiger partial charge in [-0.1, -0.05) is 42.5 Å². The second kappa shape index (κ2) is 9.78. The summed E-state index contributed by atoms with van der Waals surface area (Å²) < 4.78 is 11.7. The van der Waals surface area contributed by atoms with Crippen molar-refractivity contribution in [3.63, 3.8) is 0 Å². The molecule has 0 aliphatic heterocycles. The van der Waals surface area contributed by atoms with Crippen molar-refractivity contribution in [3.05, 3.63) is 66.7 Å². The minimum atomic E-state index is 0.248. The Balaban J connectivity index is 1.36.